The number of nitrogens with one attached hydrogen (secondary N) is 2. The molecule has 0 saturated heterocycles. The maximum Gasteiger partial charge on any atom is 0.171 e. The Morgan fingerprint density at radius 1 is 1.19 bits per heavy atom. The summed E-state index contributed by atoms with van der Waals surface area (Å²) in [6, 6.07) is 12.2. The molecule has 26 heavy (non-hydrogen) atoms. The van der Waals surface area contributed by atoms with Crippen molar-refractivity contribution in [2.75, 3.05) is 12.4 Å². The fourth-order valence-corrected chi connectivity index (χ4v) is 3.53. The van der Waals surface area contributed by atoms with E-state index >= 15 is 0 Å². The Morgan fingerprint density at radius 3 is 2.69 bits per heavy atom. The molecule has 0 radical (unpaired) electrons. The second kappa shape index (κ2) is 7.16. The Morgan fingerprint density at radius 2 is 1.96 bits per heavy atom. The van der Waals surface area contributed by atoms with E-state index in [0.29, 0.717) is 5.11 Å². The number of aryl methyl sites for hydroxylation is 2. The van der Waals surface area contributed by atoms with Gasteiger partial charge in [0.15, 0.2) is 5.11 Å². The van der Waals surface area contributed by atoms with E-state index in [1.54, 1.807) is 7.11 Å². The van der Waals surface area contributed by atoms with Crippen molar-refractivity contribution in [2.24, 2.45) is 0 Å². The molecule has 0 amide bonds. The van der Waals surface area contributed by atoms with Gasteiger partial charge >= 0.3 is 0 Å². The predicted molar refractivity (Wildman–Crippen MR) is 110 cm³/mol. The lowest BCUT2D eigenvalue weighted by Gasteiger charge is -2.38. The van der Waals surface area contributed by atoms with Crippen LogP contribution in [0.2, 0.25) is 0 Å². The Bertz CT molecular complexity index is 833. The first-order valence-electron chi connectivity index (χ1n) is 8.79. The van der Waals surface area contributed by atoms with E-state index in [0.717, 1.165) is 34.7 Å². The number of fused-ring (bicyclic) bond motifs is 1. The van der Waals surface area contributed by atoms with Crippen LogP contribution in [0.15, 0.2) is 36.4 Å². The number of anilines is 1. The standard InChI is InChI=1S/C21H26N2O2S/c1-13-6-7-14(2)17(10-13)22-20(26)23-18-12-21(3,4)25-19-9-8-15(24-5)11-16(18)19/h6-11,18H,12H2,1-5H3,(H2,22,23,26)/t18-/m1/s1. The first-order valence-corrected chi connectivity index (χ1v) is 9.20. The highest BCUT2D eigenvalue weighted by Gasteiger charge is 2.34. The van der Waals surface area contributed by atoms with Gasteiger partial charge in [-0.05, 0) is 75.3 Å². The van der Waals surface area contributed by atoms with Crippen LogP contribution in [0.1, 0.15) is 43.0 Å². The van der Waals surface area contributed by atoms with Gasteiger partial charge in [-0.2, -0.15) is 0 Å². The van der Waals surface area contributed by atoms with Crippen LogP contribution in [-0.4, -0.2) is 17.8 Å². The summed E-state index contributed by atoms with van der Waals surface area (Å²) in [5.41, 5.74) is 4.18. The van der Waals surface area contributed by atoms with Crippen LogP contribution in [0, 0.1) is 13.8 Å². The van der Waals surface area contributed by atoms with Crippen LogP contribution in [0.3, 0.4) is 0 Å². The molecular weight excluding hydrogens is 344 g/mol. The molecule has 1 atom stereocenters. The van der Waals surface area contributed by atoms with Gasteiger partial charge in [-0.25, -0.2) is 0 Å². The molecule has 2 aromatic carbocycles. The molecule has 0 aliphatic carbocycles. The lowest BCUT2D eigenvalue weighted by Crippen LogP contribution is -2.42. The van der Waals surface area contributed by atoms with E-state index in [2.05, 4.69) is 56.5 Å². The van der Waals surface area contributed by atoms with Crippen LogP contribution in [0.25, 0.3) is 0 Å². The largest absolute Gasteiger partial charge is 0.497 e. The van der Waals surface area contributed by atoms with Gasteiger partial charge in [0.25, 0.3) is 0 Å². The molecule has 4 nitrogen and oxygen atoms in total. The van der Waals surface area contributed by atoms with Gasteiger partial charge in [-0.15, -0.1) is 0 Å². The maximum atomic E-state index is 6.12. The van der Waals surface area contributed by atoms with Crippen LogP contribution >= 0.6 is 12.2 Å². The SMILES string of the molecule is COc1ccc2c(c1)[C@H](NC(=S)Nc1cc(C)ccc1C)CC(C)(C)O2. The van der Waals surface area contributed by atoms with Crippen molar-refractivity contribution in [1.29, 1.82) is 0 Å². The van der Waals surface area contributed by atoms with Crippen LogP contribution < -0.4 is 20.1 Å². The van der Waals surface area contributed by atoms with Crippen molar-refractivity contribution in [1.82, 2.24) is 5.32 Å². The molecule has 1 heterocycles. The number of hydrogen-bond acceptors (Lipinski definition) is 3. The van der Waals surface area contributed by atoms with Crippen molar-refractivity contribution in [3.63, 3.8) is 0 Å². The molecule has 0 bridgehead atoms. The lowest BCUT2D eigenvalue weighted by molar-refractivity contribution is 0.0695. The highest BCUT2D eigenvalue weighted by atomic mass is 32.1. The third-order valence-electron chi connectivity index (χ3n) is 4.62. The molecule has 2 N–H and O–H groups in total. The zero-order valence-electron chi connectivity index (χ0n) is 16.0. The Hall–Kier alpha value is -2.27. The maximum absolute atomic E-state index is 6.12. The van der Waals surface area contributed by atoms with Gasteiger partial charge in [0, 0.05) is 17.7 Å². The monoisotopic (exact) mass is 370 g/mol. The van der Waals surface area contributed by atoms with Crippen LogP contribution in [0.5, 0.6) is 11.5 Å². The topological polar surface area (TPSA) is 42.5 Å². The summed E-state index contributed by atoms with van der Waals surface area (Å²) < 4.78 is 11.5. The molecule has 3 rings (SSSR count). The van der Waals surface area contributed by atoms with Gasteiger partial charge in [0.1, 0.15) is 17.1 Å². The highest BCUT2D eigenvalue weighted by Crippen LogP contribution is 2.41. The number of benzene rings is 2. The van der Waals surface area contributed by atoms with E-state index in [1.165, 1.54) is 5.56 Å². The van der Waals surface area contributed by atoms with Gasteiger partial charge in [-0.3, -0.25) is 0 Å². The van der Waals surface area contributed by atoms with Crippen molar-refractivity contribution in [2.45, 2.75) is 45.8 Å². The van der Waals surface area contributed by atoms with Crippen molar-refractivity contribution in [3.8, 4) is 11.5 Å². The number of ether oxygens (including phenoxy) is 2. The summed E-state index contributed by atoms with van der Waals surface area (Å²) in [5, 5.41) is 7.40. The normalized spacial score (nSPS) is 17.7. The van der Waals surface area contributed by atoms with Gasteiger partial charge in [-0.1, -0.05) is 12.1 Å². The minimum atomic E-state index is -0.270. The molecule has 0 unspecified atom stereocenters. The molecule has 0 aromatic heterocycles. The summed E-state index contributed by atoms with van der Waals surface area (Å²) in [6.07, 6.45) is 0.807. The first kappa shape index (κ1) is 18.5. The average molecular weight is 371 g/mol. The first-order chi connectivity index (χ1) is 12.3. The third-order valence-corrected chi connectivity index (χ3v) is 4.84. The molecule has 0 saturated carbocycles. The molecule has 1 aliphatic heterocycles. The van der Waals surface area contributed by atoms with Crippen molar-refractivity contribution >= 4 is 23.0 Å². The molecule has 138 valence electrons. The Balaban J connectivity index is 1.82. The summed E-state index contributed by atoms with van der Waals surface area (Å²) in [4.78, 5) is 0. The molecule has 1 aliphatic rings. The zero-order valence-corrected chi connectivity index (χ0v) is 16.8. The highest BCUT2D eigenvalue weighted by molar-refractivity contribution is 7.80. The Labute approximate surface area is 160 Å². The minimum Gasteiger partial charge on any atom is -0.497 e. The number of thiocarbonyl (C=S) groups is 1. The van der Waals surface area contributed by atoms with E-state index in [1.807, 2.05) is 18.2 Å². The van der Waals surface area contributed by atoms with E-state index in [-0.39, 0.29) is 11.6 Å². The number of methoxy groups -OCH3 is 1. The van der Waals surface area contributed by atoms with E-state index in [4.69, 9.17) is 21.7 Å². The summed E-state index contributed by atoms with van der Waals surface area (Å²) in [6.45, 7) is 8.33. The molecule has 0 fully saturated rings. The third kappa shape index (κ3) is 4.10. The fourth-order valence-electron chi connectivity index (χ4n) is 3.28. The lowest BCUT2D eigenvalue weighted by atomic mass is 9.89. The fraction of sp³-hybridized carbons (Fsp3) is 0.381. The quantitative estimate of drug-likeness (QED) is 0.752. The van der Waals surface area contributed by atoms with Gasteiger partial charge in [0.05, 0.1) is 13.2 Å². The minimum absolute atomic E-state index is 0.0500. The molecule has 0 spiro atoms. The predicted octanol–water partition coefficient (Wildman–Crippen LogP) is 4.90. The number of hydrogen-bond donors (Lipinski definition) is 2. The molecule has 2 aromatic rings. The molecular formula is C21H26N2O2S. The average Bonchev–Trinajstić information content (AvgIpc) is 2.57. The van der Waals surface area contributed by atoms with Crippen molar-refractivity contribution in [3.05, 3.63) is 53.1 Å². The zero-order chi connectivity index (χ0) is 18.9. The summed E-state index contributed by atoms with van der Waals surface area (Å²) >= 11 is 5.59. The van der Waals surface area contributed by atoms with E-state index < -0.39 is 0 Å². The summed E-state index contributed by atoms with van der Waals surface area (Å²) in [7, 11) is 1.67. The van der Waals surface area contributed by atoms with Crippen LogP contribution in [0.4, 0.5) is 5.69 Å². The summed E-state index contributed by atoms with van der Waals surface area (Å²) in [5.74, 6) is 1.68. The number of rotatable bonds is 3. The van der Waals surface area contributed by atoms with Crippen molar-refractivity contribution < 1.29 is 9.47 Å². The Kier molecular flexibility index (Phi) is 5.10. The van der Waals surface area contributed by atoms with E-state index in [9.17, 15) is 0 Å². The molecule has 5 heteroatoms. The van der Waals surface area contributed by atoms with Gasteiger partial charge in [0.2, 0.25) is 0 Å². The smallest absolute Gasteiger partial charge is 0.171 e. The van der Waals surface area contributed by atoms with Gasteiger partial charge < -0.3 is 20.1 Å². The second-order valence-electron chi connectivity index (χ2n) is 7.44. The second-order valence-corrected chi connectivity index (χ2v) is 7.85. The van der Waals surface area contributed by atoms with Crippen LogP contribution in [-0.2, 0) is 0 Å².